The molecule has 2 nitrogen and oxygen atoms in total. The van der Waals surface area contributed by atoms with Crippen LogP contribution in [0.15, 0.2) is 24.3 Å². The molecule has 0 N–H and O–H groups in total. The molecule has 0 aromatic carbocycles. The molecule has 1 atom stereocenters. The van der Waals surface area contributed by atoms with Crippen molar-refractivity contribution in [2.75, 3.05) is 0 Å². The highest BCUT2D eigenvalue weighted by atomic mass is 16.2. The lowest BCUT2D eigenvalue weighted by atomic mass is 9.65. The third kappa shape index (κ3) is 1.94. The topological polar surface area (TPSA) is 34.1 Å². The number of hydrogen-bond acceptors (Lipinski definition) is 2. The Kier molecular flexibility index (Phi) is 2.98. The monoisotopic (exact) mass is 206 g/mol. The lowest BCUT2D eigenvalue weighted by molar-refractivity contribution is -0.141. The van der Waals surface area contributed by atoms with Crippen molar-refractivity contribution in [2.45, 2.75) is 34.1 Å². The molecule has 82 valence electrons. The molecule has 0 amide bonds. The third-order valence-corrected chi connectivity index (χ3v) is 3.00. The van der Waals surface area contributed by atoms with Crippen molar-refractivity contribution < 1.29 is 9.59 Å². The molecule has 0 saturated carbocycles. The van der Waals surface area contributed by atoms with Gasteiger partial charge in [0, 0.05) is 5.41 Å². The van der Waals surface area contributed by atoms with Gasteiger partial charge in [-0.15, -0.1) is 0 Å². The maximum atomic E-state index is 12.2. The summed E-state index contributed by atoms with van der Waals surface area (Å²) in [7, 11) is 0. The van der Waals surface area contributed by atoms with E-state index in [1.54, 1.807) is 26.0 Å². The van der Waals surface area contributed by atoms with Crippen LogP contribution >= 0.6 is 0 Å². The zero-order valence-electron chi connectivity index (χ0n) is 9.83. The van der Waals surface area contributed by atoms with Crippen LogP contribution in [-0.4, -0.2) is 11.6 Å². The maximum absolute atomic E-state index is 12.2. The zero-order valence-corrected chi connectivity index (χ0v) is 9.83. The van der Waals surface area contributed by atoms with Crippen LogP contribution in [0.25, 0.3) is 0 Å². The average Bonchev–Trinajstić information content (AvgIpc) is 2.14. The standard InChI is InChI=1S/C13H18O2/c1-5-7-10(14)13(4)9-6-8-12(2,3)11(13)15/h5-7,9H,8H2,1-4H3/b7-5+/t13-/m0/s1. The van der Waals surface area contributed by atoms with Crippen molar-refractivity contribution in [3.8, 4) is 0 Å². The lowest BCUT2D eigenvalue weighted by Gasteiger charge is -2.35. The van der Waals surface area contributed by atoms with E-state index in [-0.39, 0.29) is 11.6 Å². The molecule has 0 unspecified atom stereocenters. The molecule has 0 aliphatic heterocycles. The fourth-order valence-corrected chi connectivity index (χ4v) is 1.98. The number of allylic oxidation sites excluding steroid dienone is 4. The molecule has 0 bridgehead atoms. The normalized spacial score (nSPS) is 29.7. The van der Waals surface area contributed by atoms with E-state index < -0.39 is 10.8 Å². The Labute approximate surface area is 91.1 Å². The van der Waals surface area contributed by atoms with Crippen LogP contribution in [0.1, 0.15) is 34.1 Å². The van der Waals surface area contributed by atoms with Crippen LogP contribution in [0, 0.1) is 10.8 Å². The van der Waals surface area contributed by atoms with Crippen LogP contribution in [0.4, 0.5) is 0 Å². The van der Waals surface area contributed by atoms with Gasteiger partial charge in [0.1, 0.15) is 5.41 Å². The largest absolute Gasteiger partial charge is 0.298 e. The second-order valence-electron chi connectivity index (χ2n) is 4.89. The van der Waals surface area contributed by atoms with Gasteiger partial charge in [-0.1, -0.05) is 32.1 Å². The Morgan fingerprint density at radius 2 is 2.00 bits per heavy atom. The summed E-state index contributed by atoms with van der Waals surface area (Å²) in [5.41, 5.74) is -1.39. The summed E-state index contributed by atoms with van der Waals surface area (Å²) < 4.78 is 0. The second kappa shape index (κ2) is 3.76. The molecule has 2 heteroatoms. The second-order valence-corrected chi connectivity index (χ2v) is 4.89. The number of carbonyl (C=O) groups excluding carboxylic acids is 2. The van der Waals surface area contributed by atoms with Crippen molar-refractivity contribution in [1.29, 1.82) is 0 Å². The van der Waals surface area contributed by atoms with E-state index in [9.17, 15) is 9.59 Å². The van der Waals surface area contributed by atoms with Crippen molar-refractivity contribution in [3.05, 3.63) is 24.3 Å². The number of Topliss-reactive ketones (excluding diaryl/α,β-unsaturated/α-hetero) is 1. The molecule has 1 rings (SSSR count). The zero-order chi connectivity index (χ0) is 11.7. The highest BCUT2D eigenvalue weighted by Crippen LogP contribution is 2.39. The minimum Gasteiger partial charge on any atom is -0.298 e. The molecule has 0 spiro atoms. The van der Waals surface area contributed by atoms with Crippen molar-refractivity contribution in [3.63, 3.8) is 0 Å². The summed E-state index contributed by atoms with van der Waals surface area (Å²) in [5, 5.41) is 0. The molecular formula is C13H18O2. The Morgan fingerprint density at radius 1 is 1.40 bits per heavy atom. The van der Waals surface area contributed by atoms with E-state index in [0.29, 0.717) is 6.42 Å². The first-order valence-corrected chi connectivity index (χ1v) is 5.24. The third-order valence-electron chi connectivity index (χ3n) is 3.00. The first-order valence-electron chi connectivity index (χ1n) is 5.24. The van der Waals surface area contributed by atoms with Gasteiger partial charge in [0.05, 0.1) is 0 Å². The van der Waals surface area contributed by atoms with Crippen LogP contribution in [-0.2, 0) is 9.59 Å². The van der Waals surface area contributed by atoms with Gasteiger partial charge < -0.3 is 0 Å². The molecule has 1 aliphatic carbocycles. The summed E-state index contributed by atoms with van der Waals surface area (Å²) in [5.74, 6) is -0.111. The molecule has 0 radical (unpaired) electrons. The summed E-state index contributed by atoms with van der Waals surface area (Å²) in [6.45, 7) is 7.26. The minimum absolute atomic E-state index is 0.0144. The van der Waals surface area contributed by atoms with Gasteiger partial charge in [0.2, 0.25) is 0 Å². The molecular weight excluding hydrogens is 188 g/mol. The predicted molar refractivity (Wildman–Crippen MR) is 60.5 cm³/mol. The van der Waals surface area contributed by atoms with E-state index >= 15 is 0 Å². The fourth-order valence-electron chi connectivity index (χ4n) is 1.98. The highest BCUT2D eigenvalue weighted by molar-refractivity contribution is 6.15. The van der Waals surface area contributed by atoms with E-state index in [2.05, 4.69) is 0 Å². The Balaban J connectivity index is 3.14. The summed E-state index contributed by atoms with van der Waals surface area (Å²) in [6.07, 6.45) is 7.54. The molecule has 0 saturated heterocycles. The van der Waals surface area contributed by atoms with Crippen molar-refractivity contribution in [1.82, 2.24) is 0 Å². The molecule has 0 fully saturated rings. The lowest BCUT2D eigenvalue weighted by Crippen LogP contribution is -2.44. The van der Waals surface area contributed by atoms with Gasteiger partial charge in [0.15, 0.2) is 11.6 Å². The maximum Gasteiger partial charge on any atom is 0.172 e. The highest BCUT2D eigenvalue weighted by Gasteiger charge is 2.46. The van der Waals surface area contributed by atoms with Crippen LogP contribution in [0.2, 0.25) is 0 Å². The average molecular weight is 206 g/mol. The minimum atomic E-state index is -0.964. The number of hydrogen-bond donors (Lipinski definition) is 0. The molecule has 15 heavy (non-hydrogen) atoms. The quantitative estimate of drug-likeness (QED) is 0.395. The molecule has 0 aromatic rings. The fraction of sp³-hybridized carbons (Fsp3) is 0.538. The number of carbonyl (C=O) groups is 2. The summed E-state index contributed by atoms with van der Waals surface area (Å²) >= 11 is 0. The van der Waals surface area contributed by atoms with Gasteiger partial charge in [-0.25, -0.2) is 0 Å². The van der Waals surface area contributed by atoms with E-state index in [4.69, 9.17) is 0 Å². The van der Waals surface area contributed by atoms with Gasteiger partial charge in [0.25, 0.3) is 0 Å². The Morgan fingerprint density at radius 3 is 2.53 bits per heavy atom. The van der Waals surface area contributed by atoms with Crippen LogP contribution in [0.5, 0.6) is 0 Å². The van der Waals surface area contributed by atoms with E-state index in [1.807, 2.05) is 19.9 Å². The van der Waals surface area contributed by atoms with Gasteiger partial charge in [-0.2, -0.15) is 0 Å². The number of ketones is 2. The van der Waals surface area contributed by atoms with Gasteiger partial charge in [-0.05, 0) is 26.3 Å². The summed E-state index contributed by atoms with van der Waals surface area (Å²) in [4.78, 5) is 24.0. The van der Waals surface area contributed by atoms with Crippen LogP contribution in [0.3, 0.4) is 0 Å². The molecule has 0 heterocycles. The van der Waals surface area contributed by atoms with Gasteiger partial charge >= 0.3 is 0 Å². The predicted octanol–water partition coefficient (Wildman–Crippen LogP) is 2.69. The van der Waals surface area contributed by atoms with Crippen molar-refractivity contribution in [2.24, 2.45) is 10.8 Å². The smallest absolute Gasteiger partial charge is 0.172 e. The molecule has 1 aliphatic rings. The summed E-state index contributed by atoms with van der Waals surface area (Å²) in [6, 6.07) is 0. The Bertz CT molecular complexity index is 348. The SMILES string of the molecule is C/C=C/C(=O)[C@]1(C)C=CCC(C)(C)C1=O. The van der Waals surface area contributed by atoms with Crippen LogP contribution < -0.4 is 0 Å². The van der Waals surface area contributed by atoms with E-state index in [1.165, 1.54) is 6.08 Å². The Hall–Kier alpha value is -1.18. The van der Waals surface area contributed by atoms with Gasteiger partial charge in [-0.3, -0.25) is 9.59 Å². The van der Waals surface area contributed by atoms with Crippen molar-refractivity contribution >= 4 is 11.6 Å². The number of rotatable bonds is 2. The van der Waals surface area contributed by atoms with E-state index in [0.717, 1.165) is 0 Å². The first-order chi connectivity index (χ1) is 6.84. The first kappa shape index (κ1) is 11.9. The molecule has 0 aromatic heterocycles.